The van der Waals surface area contributed by atoms with Crippen LogP contribution in [0, 0.1) is 20.8 Å². The summed E-state index contributed by atoms with van der Waals surface area (Å²) in [5.41, 5.74) is 3.22. The maximum absolute atomic E-state index is 13.2. The number of benzene rings is 2. The summed E-state index contributed by atoms with van der Waals surface area (Å²) in [4.78, 5) is 30.4. The molecule has 37 heavy (non-hydrogen) atoms. The highest BCUT2D eigenvalue weighted by Crippen LogP contribution is 2.31. The fraction of sp³-hybridized carbons (Fsp3) is 0.143. The molecule has 0 unspecified atom stereocenters. The van der Waals surface area contributed by atoms with Crippen molar-refractivity contribution >= 4 is 28.7 Å². The van der Waals surface area contributed by atoms with Crippen molar-refractivity contribution in [2.75, 3.05) is 12.4 Å². The number of ether oxygens (including phenoxy) is 2. The van der Waals surface area contributed by atoms with Gasteiger partial charge >= 0.3 is 5.97 Å². The third-order valence-electron chi connectivity index (χ3n) is 5.83. The largest absolute Gasteiger partial charge is 0.496 e. The first-order valence-electron chi connectivity index (χ1n) is 11.4. The summed E-state index contributed by atoms with van der Waals surface area (Å²) in [6.07, 6.45) is 0. The molecular formula is C28H23N3O6. The molecule has 5 rings (SSSR count). The van der Waals surface area contributed by atoms with Gasteiger partial charge in [0.05, 0.1) is 35.0 Å². The minimum atomic E-state index is -0.594. The van der Waals surface area contributed by atoms with Crippen LogP contribution in [0.5, 0.6) is 11.5 Å². The monoisotopic (exact) mass is 497 g/mol. The van der Waals surface area contributed by atoms with Gasteiger partial charge in [-0.2, -0.15) is 0 Å². The van der Waals surface area contributed by atoms with Crippen LogP contribution in [0.15, 0.2) is 69.6 Å². The van der Waals surface area contributed by atoms with Crippen molar-refractivity contribution in [3.8, 4) is 22.8 Å². The number of para-hydroxylation sites is 1. The molecule has 0 saturated heterocycles. The van der Waals surface area contributed by atoms with Gasteiger partial charge in [0.2, 0.25) is 0 Å². The molecule has 1 N–H and O–H groups in total. The van der Waals surface area contributed by atoms with Gasteiger partial charge in [-0.15, -0.1) is 0 Å². The quantitative estimate of drug-likeness (QED) is 0.228. The number of carbonyl (C=O) groups is 2. The van der Waals surface area contributed by atoms with E-state index in [-0.39, 0.29) is 17.2 Å². The van der Waals surface area contributed by atoms with Crippen LogP contribution >= 0.6 is 0 Å². The number of hydrogen-bond donors (Lipinski definition) is 1. The lowest BCUT2D eigenvalue weighted by Crippen LogP contribution is -2.13. The Bertz CT molecular complexity index is 1630. The third-order valence-corrected chi connectivity index (χ3v) is 5.83. The molecule has 0 aliphatic heterocycles. The Morgan fingerprint density at radius 1 is 0.946 bits per heavy atom. The maximum Gasteiger partial charge on any atom is 0.344 e. The molecule has 0 bridgehead atoms. The van der Waals surface area contributed by atoms with E-state index in [9.17, 15) is 9.59 Å². The molecule has 3 heterocycles. The van der Waals surface area contributed by atoms with Gasteiger partial charge < -0.3 is 23.7 Å². The Balaban J connectivity index is 1.38. The van der Waals surface area contributed by atoms with E-state index in [1.165, 1.54) is 7.11 Å². The van der Waals surface area contributed by atoms with Gasteiger partial charge in [-0.3, -0.25) is 4.79 Å². The van der Waals surface area contributed by atoms with E-state index in [2.05, 4.69) is 15.5 Å². The Hall–Kier alpha value is -4.92. The molecule has 1 amide bonds. The highest BCUT2D eigenvalue weighted by Gasteiger charge is 2.22. The number of nitrogens with zero attached hydrogens (tertiary/aromatic N) is 2. The molecule has 9 heteroatoms. The second-order valence-electron chi connectivity index (χ2n) is 8.40. The summed E-state index contributed by atoms with van der Waals surface area (Å²) in [5, 5.41) is 7.25. The van der Waals surface area contributed by atoms with Crippen molar-refractivity contribution in [2.45, 2.75) is 20.8 Å². The Labute approximate surface area is 212 Å². The highest BCUT2D eigenvalue weighted by molar-refractivity contribution is 6.06. The minimum absolute atomic E-state index is 0.231. The maximum atomic E-state index is 13.2. The van der Waals surface area contributed by atoms with Gasteiger partial charge in [0, 0.05) is 11.3 Å². The summed E-state index contributed by atoms with van der Waals surface area (Å²) in [6, 6.07) is 16.9. The summed E-state index contributed by atoms with van der Waals surface area (Å²) < 4.78 is 21.9. The second kappa shape index (κ2) is 9.62. The average molecular weight is 498 g/mol. The molecule has 186 valence electrons. The summed E-state index contributed by atoms with van der Waals surface area (Å²) in [7, 11) is 1.51. The predicted octanol–water partition coefficient (Wildman–Crippen LogP) is 5.89. The number of aromatic nitrogens is 2. The molecule has 9 nitrogen and oxygen atoms in total. The Morgan fingerprint density at radius 2 is 1.70 bits per heavy atom. The second-order valence-corrected chi connectivity index (χ2v) is 8.40. The van der Waals surface area contributed by atoms with Crippen LogP contribution < -0.4 is 14.8 Å². The number of furan rings is 1. The number of nitrogens with one attached hydrogen (secondary N) is 1. The SMILES string of the molecule is COc1ccccc1C(=O)Nc1ccc(OC(=O)c2cc(-c3cc(C)oc3C)nc3onc(C)c23)cc1. The molecule has 0 radical (unpaired) electrons. The van der Waals surface area contributed by atoms with Crippen molar-refractivity contribution in [3.05, 3.63) is 89.0 Å². The van der Waals surface area contributed by atoms with Gasteiger partial charge in [-0.25, -0.2) is 9.78 Å². The zero-order valence-electron chi connectivity index (χ0n) is 20.6. The molecule has 0 fully saturated rings. The van der Waals surface area contributed by atoms with E-state index >= 15 is 0 Å². The third kappa shape index (κ3) is 4.66. The van der Waals surface area contributed by atoms with Gasteiger partial charge in [0.1, 0.15) is 23.0 Å². The van der Waals surface area contributed by atoms with E-state index in [1.807, 2.05) is 19.9 Å². The topological polar surface area (TPSA) is 117 Å². The number of methoxy groups -OCH3 is 1. The smallest absolute Gasteiger partial charge is 0.344 e. The van der Waals surface area contributed by atoms with Crippen molar-refractivity contribution in [1.82, 2.24) is 10.1 Å². The highest BCUT2D eigenvalue weighted by atomic mass is 16.5. The Morgan fingerprint density at radius 3 is 2.41 bits per heavy atom. The van der Waals surface area contributed by atoms with Gasteiger partial charge in [-0.1, -0.05) is 17.3 Å². The van der Waals surface area contributed by atoms with Crippen LogP contribution in [0.4, 0.5) is 5.69 Å². The van der Waals surface area contributed by atoms with Crippen LogP contribution in [-0.4, -0.2) is 29.1 Å². The zero-order chi connectivity index (χ0) is 26.1. The standard InChI is InChI=1S/C28H23N3O6/c1-15-13-21(17(3)35-15)23-14-22(25-16(2)31-37-27(25)30-23)28(33)36-19-11-9-18(10-12-19)29-26(32)20-7-5-6-8-24(20)34-4/h5-14H,1-4H3,(H,29,32). The van der Waals surface area contributed by atoms with Crippen LogP contribution in [0.3, 0.4) is 0 Å². The molecular weight excluding hydrogens is 474 g/mol. The molecule has 0 spiro atoms. The lowest BCUT2D eigenvalue weighted by Gasteiger charge is -2.10. The minimum Gasteiger partial charge on any atom is -0.496 e. The molecule has 0 atom stereocenters. The first-order chi connectivity index (χ1) is 17.8. The fourth-order valence-electron chi connectivity index (χ4n) is 4.08. The zero-order valence-corrected chi connectivity index (χ0v) is 20.6. The molecule has 0 aliphatic rings. The van der Waals surface area contributed by atoms with E-state index < -0.39 is 5.97 Å². The van der Waals surface area contributed by atoms with Crippen molar-refractivity contribution < 1.29 is 28.0 Å². The number of fused-ring (bicyclic) bond motifs is 1. The van der Waals surface area contributed by atoms with Gasteiger partial charge in [0.15, 0.2) is 0 Å². The normalized spacial score (nSPS) is 10.9. The number of aryl methyl sites for hydroxylation is 3. The fourth-order valence-corrected chi connectivity index (χ4v) is 4.08. The van der Waals surface area contributed by atoms with Gasteiger partial charge in [-0.05, 0) is 69.3 Å². The first-order valence-corrected chi connectivity index (χ1v) is 11.4. The number of carbonyl (C=O) groups excluding carboxylic acids is 2. The predicted molar refractivity (Wildman–Crippen MR) is 136 cm³/mol. The average Bonchev–Trinajstić information content (AvgIpc) is 3.45. The number of pyridine rings is 1. The van der Waals surface area contributed by atoms with Gasteiger partial charge in [0.25, 0.3) is 11.6 Å². The lowest BCUT2D eigenvalue weighted by atomic mass is 10.1. The van der Waals surface area contributed by atoms with Crippen molar-refractivity contribution in [3.63, 3.8) is 0 Å². The van der Waals surface area contributed by atoms with Crippen LogP contribution in [0.25, 0.3) is 22.4 Å². The number of rotatable bonds is 6. The number of amides is 1. The number of hydrogen-bond acceptors (Lipinski definition) is 8. The molecule has 0 aliphatic carbocycles. The van der Waals surface area contributed by atoms with Crippen LogP contribution in [0.2, 0.25) is 0 Å². The summed E-state index contributed by atoms with van der Waals surface area (Å²) in [5.74, 6) is 1.26. The number of esters is 1. The molecule has 2 aromatic carbocycles. The van der Waals surface area contributed by atoms with Crippen LogP contribution in [-0.2, 0) is 0 Å². The summed E-state index contributed by atoms with van der Waals surface area (Å²) in [6.45, 7) is 5.40. The van der Waals surface area contributed by atoms with E-state index in [1.54, 1.807) is 61.5 Å². The number of anilines is 1. The van der Waals surface area contributed by atoms with E-state index in [0.29, 0.717) is 45.3 Å². The van der Waals surface area contributed by atoms with Crippen molar-refractivity contribution in [2.24, 2.45) is 0 Å². The molecule has 5 aromatic rings. The van der Waals surface area contributed by atoms with E-state index in [0.717, 1.165) is 11.3 Å². The van der Waals surface area contributed by atoms with E-state index in [4.69, 9.17) is 18.4 Å². The Kier molecular flexibility index (Phi) is 6.19. The molecule has 0 saturated carbocycles. The first kappa shape index (κ1) is 23.8. The lowest BCUT2D eigenvalue weighted by molar-refractivity contribution is 0.0736. The summed E-state index contributed by atoms with van der Waals surface area (Å²) >= 11 is 0. The molecule has 3 aromatic heterocycles. The van der Waals surface area contributed by atoms with Crippen LogP contribution in [0.1, 0.15) is 37.9 Å². The van der Waals surface area contributed by atoms with Crippen molar-refractivity contribution in [1.29, 1.82) is 0 Å².